The molecule has 0 spiro atoms. The number of hydrogen-bond acceptors (Lipinski definition) is 0. The van der Waals surface area contributed by atoms with E-state index in [-0.39, 0.29) is 35.6 Å². The minimum Gasteiger partial charge on any atom is -1.00 e. The molecule has 2 aliphatic carbocycles. The van der Waals surface area contributed by atoms with Gasteiger partial charge in [-0.25, -0.2) is 23.3 Å². The Kier molecular flexibility index (Phi) is 15.2. The Morgan fingerprint density at radius 2 is 1.04 bits per heavy atom. The maximum atomic E-state index is 3.35. The fourth-order valence-corrected chi connectivity index (χ4v) is 5.06. The van der Waals surface area contributed by atoms with Crippen LogP contribution in [0.3, 0.4) is 0 Å². The monoisotopic (exact) mass is 430 g/mol. The van der Waals surface area contributed by atoms with Crippen molar-refractivity contribution in [3.8, 4) is 0 Å². The van der Waals surface area contributed by atoms with Gasteiger partial charge in [0.25, 0.3) is 0 Å². The summed E-state index contributed by atoms with van der Waals surface area (Å²) in [6, 6.07) is 2.59. The summed E-state index contributed by atoms with van der Waals surface area (Å²) < 4.78 is 0. The Labute approximate surface area is 163 Å². The summed E-state index contributed by atoms with van der Waals surface area (Å²) in [4.78, 5) is 0. The van der Waals surface area contributed by atoms with Gasteiger partial charge in [0.1, 0.15) is 0 Å². The van der Waals surface area contributed by atoms with Gasteiger partial charge in [0.15, 0.2) is 0 Å². The second-order valence-electron chi connectivity index (χ2n) is 8.09. The Morgan fingerprint density at radius 3 is 1.22 bits per heavy atom. The first-order chi connectivity index (χ1) is 9.16. The summed E-state index contributed by atoms with van der Waals surface area (Å²) in [6.45, 7) is 14.4. The molecule has 0 atom stereocenters. The Balaban J connectivity index is -0.000000308. The normalized spacial score (nSPS) is 15.4. The van der Waals surface area contributed by atoms with Crippen molar-refractivity contribution in [2.75, 3.05) is 0 Å². The predicted octanol–water partition coefficient (Wildman–Crippen LogP) is 0.0337. The first-order valence-electron chi connectivity index (χ1n) is 7.68. The van der Waals surface area contributed by atoms with Crippen molar-refractivity contribution in [3.05, 3.63) is 47.6 Å². The molecule has 2 aliphatic rings. The Hall–Kier alpha value is 0.137. The number of halogens is 2. The zero-order valence-corrected chi connectivity index (χ0v) is 19.9. The fourth-order valence-electron chi connectivity index (χ4n) is 2.29. The molecule has 23 heavy (non-hydrogen) atoms. The van der Waals surface area contributed by atoms with Crippen LogP contribution in [0.15, 0.2) is 35.5 Å². The third kappa shape index (κ3) is 15.4. The average molecular weight is 432 g/mol. The van der Waals surface area contributed by atoms with Gasteiger partial charge in [0.05, 0.1) is 0 Å². The topological polar surface area (TPSA) is 0 Å². The molecule has 0 nitrogen and oxygen atoms in total. The fraction of sp³-hybridized carbons (Fsp3) is 0.556. The molecule has 2 rings (SSSR count). The van der Waals surface area contributed by atoms with Gasteiger partial charge in [-0.05, 0) is 0 Å². The molecule has 5 heteroatoms. The molecular formula is C18H30F2Si2Zr. The standard InChI is InChI=1S/2C9H15Si.2FH.Zr/c2*1-10(2,3)8-9-6-4-5-7-9;;;/h2*4,6H,5,8H2,1-3H3;2*1H;/q2*-1;;;+4/p-2. The van der Waals surface area contributed by atoms with E-state index in [2.05, 4.69) is 75.7 Å². The first-order valence-corrected chi connectivity index (χ1v) is 15.1. The third-order valence-electron chi connectivity index (χ3n) is 2.97. The van der Waals surface area contributed by atoms with Gasteiger partial charge in [0.2, 0.25) is 0 Å². The second-order valence-corrected chi connectivity index (χ2v) is 19.0. The van der Waals surface area contributed by atoms with Gasteiger partial charge in [0, 0.05) is 16.1 Å². The molecule has 0 aliphatic heterocycles. The SMILES string of the molecule is C[Si](C)(C)CC1=[C-]CC=C1.C[Si](C)(C)CC1=[C-]CC=C1.[F-].[F-].[Zr+4]. The molecule has 0 aromatic carbocycles. The van der Waals surface area contributed by atoms with Crippen molar-refractivity contribution in [1.29, 1.82) is 0 Å². The summed E-state index contributed by atoms with van der Waals surface area (Å²) in [5.74, 6) is 0. The largest absolute Gasteiger partial charge is 4.00 e. The molecule has 0 aromatic heterocycles. The summed E-state index contributed by atoms with van der Waals surface area (Å²) in [6.07, 6.45) is 17.6. The van der Waals surface area contributed by atoms with Crippen LogP contribution in [0.5, 0.6) is 0 Å². The van der Waals surface area contributed by atoms with Crippen LogP contribution in [0.4, 0.5) is 0 Å². The van der Waals surface area contributed by atoms with E-state index in [0.29, 0.717) is 0 Å². The molecule has 0 unspecified atom stereocenters. The van der Waals surface area contributed by atoms with E-state index in [0.717, 1.165) is 12.8 Å². The molecule has 0 N–H and O–H groups in total. The van der Waals surface area contributed by atoms with Crippen LogP contribution in [0.1, 0.15) is 12.8 Å². The molecule has 0 heterocycles. The van der Waals surface area contributed by atoms with Crippen LogP contribution < -0.4 is 9.41 Å². The van der Waals surface area contributed by atoms with E-state index in [9.17, 15) is 0 Å². The van der Waals surface area contributed by atoms with E-state index in [4.69, 9.17) is 0 Å². The number of allylic oxidation sites excluding steroid dienone is 8. The summed E-state index contributed by atoms with van der Waals surface area (Å²) in [7, 11) is -1.75. The van der Waals surface area contributed by atoms with E-state index >= 15 is 0 Å². The van der Waals surface area contributed by atoms with Crippen LogP contribution in [-0.2, 0) is 26.2 Å². The molecule has 0 aromatic rings. The Morgan fingerprint density at radius 1 is 0.739 bits per heavy atom. The van der Waals surface area contributed by atoms with E-state index < -0.39 is 16.1 Å². The van der Waals surface area contributed by atoms with Gasteiger partial charge in [-0.15, -0.1) is 12.8 Å². The quantitative estimate of drug-likeness (QED) is 0.435. The minimum atomic E-state index is -0.873. The van der Waals surface area contributed by atoms with E-state index in [1.54, 1.807) is 0 Å². The van der Waals surface area contributed by atoms with Gasteiger partial charge in [-0.2, -0.15) is 12.2 Å². The number of hydrogen-bond donors (Lipinski definition) is 0. The van der Waals surface area contributed by atoms with Crippen LogP contribution in [0.25, 0.3) is 0 Å². The molecule has 0 radical (unpaired) electrons. The molecule has 0 saturated heterocycles. The van der Waals surface area contributed by atoms with Crippen molar-refractivity contribution in [2.45, 2.75) is 64.2 Å². The van der Waals surface area contributed by atoms with Gasteiger partial charge >= 0.3 is 26.2 Å². The molecule has 128 valence electrons. The predicted molar refractivity (Wildman–Crippen MR) is 97.3 cm³/mol. The maximum Gasteiger partial charge on any atom is 4.00 e. The molecular weight excluding hydrogens is 402 g/mol. The van der Waals surface area contributed by atoms with Gasteiger partial charge < -0.3 is 9.41 Å². The van der Waals surface area contributed by atoms with Crippen molar-refractivity contribution in [2.24, 2.45) is 0 Å². The maximum absolute atomic E-state index is 3.35. The van der Waals surface area contributed by atoms with Gasteiger partial charge in [-0.3, -0.25) is 12.2 Å². The second kappa shape index (κ2) is 12.5. The van der Waals surface area contributed by atoms with Crippen LogP contribution in [0.2, 0.25) is 51.4 Å². The van der Waals surface area contributed by atoms with Gasteiger partial charge in [-0.1, -0.05) is 51.4 Å². The van der Waals surface area contributed by atoms with Crippen molar-refractivity contribution in [1.82, 2.24) is 0 Å². The molecule has 0 saturated carbocycles. The molecule has 0 amide bonds. The smallest absolute Gasteiger partial charge is 1.00 e. The Bertz CT molecular complexity index is 397. The average Bonchev–Trinajstić information content (AvgIpc) is 2.87. The summed E-state index contributed by atoms with van der Waals surface area (Å²) in [5.41, 5.74) is 2.89. The zero-order valence-electron chi connectivity index (χ0n) is 15.4. The summed E-state index contributed by atoms with van der Waals surface area (Å²) in [5, 5.41) is 0. The van der Waals surface area contributed by atoms with Crippen LogP contribution >= 0.6 is 0 Å². The zero-order chi connectivity index (χ0) is 15.2. The molecule has 0 bridgehead atoms. The number of rotatable bonds is 4. The van der Waals surface area contributed by atoms with Crippen LogP contribution in [0, 0.1) is 12.2 Å². The first kappa shape index (κ1) is 28.0. The van der Waals surface area contributed by atoms with Crippen LogP contribution in [-0.4, -0.2) is 16.1 Å². The van der Waals surface area contributed by atoms with Crippen molar-refractivity contribution in [3.63, 3.8) is 0 Å². The minimum absolute atomic E-state index is 0. The van der Waals surface area contributed by atoms with Crippen molar-refractivity contribution >= 4 is 16.1 Å². The molecule has 0 fully saturated rings. The van der Waals surface area contributed by atoms with Crippen molar-refractivity contribution < 1.29 is 35.6 Å². The van der Waals surface area contributed by atoms with E-state index in [1.807, 2.05) is 0 Å². The summed E-state index contributed by atoms with van der Waals surface area (Å²) >= 11 is 0. The third-order valence-corrected chi connectivity index (χ3v) is 5.86. The van der Waals surface area contributed by atoms with E-state index in [1.165, 1.54) is 23.2 Å².